The molecule has 2 rings (SSSR count). The van der Waals surface area contributed by atoms with Gasteiger partial charge in [-0.05, 0) is 55.8 Å². The van der Waals surface area contributed by atoms with Crippen molar-refractivity contribution in [3.05, 3.63) is 0 Å². The summed E-state index contributed by atoms with van der Waals surface area (Å²) in [5.74, 6) is 4.20. The first kappa shape index (κ1) is 13.1. The van der Waals surface area contributed by atoms with E-state index in [1.165, 1.54) is 44.9 Å². The maximum Gasteiger partial charge on any atom is 0.132 e. The SMILES string of the molecule is CC(C)CC1CCC(C2CCC(=O)CC2)CC1. The third kappa shape index (κ3) is 3.82. The molecule has 0 radical (unpaired) electrons. The van der Waals surface area contributed by atoms with Gasteiger partial charge in [0, 0.05) is 12.8 Å². The Hall–Kier alpha value is -0.330. The first-order chi connectivity index (χ1) is 8.15. The van der Waals surface area contributed by atoms with E-state index in [9.17, 15) is 4.79 Å². The predicted octanol–water partition coefficient (Wildman–Crippen LogP) is 4.60. The summed E-state index contributed by atoms with van der Waals surface area (Å²) in [5.41, 5.74) is 0. The zero-order valence-electron chi connectivity index (χ0n) is 11.6. The molecule has 0 amide bonds. The Balaban J connectivity index is 1.73. The van der Waals surface area contributed by atoms with Crippen LogP contribution in [0.1, 0.15) is 71.6 Å². The van der Waals surface area contributed by atoms with Crippen LogP contribution in [0.2, 0.25) is 0 Å². The zero-order chi connectivity index (χ0) is 12.3. The molecule has 2 fully saturated rings. The summed E-state index contributed by atoms with van der Waals surface area (Å²) in [7, 11) is 0. The number of hydrogen-bond donors (Lipinski definition) is 0. The van der Waals surface area contributed by atoms with E-state index < -0.39 is 0 Å². The molecule has 0 aromatic heterocycles. The van der Waals surface area contributed by atoms with Crippen LogP contribution in [0.15, 0.2) is 0 Å². The molecule has 0 aromatic rings. The van der Waals surface area contributed by atoms with Gasteiger partial charge in [0.2, 0.25) is 0 Å². The van der Waals surface area contributed by atoms with Crippen LogP contribution in [-0.4, -0.2) is 5.78 Å². The lowest BCUT2D eigenvalue weighted by molar-refractivity contribution is -0.121. The van der Waals surface area contributed by atoms with Gasteiger partial charge in [0.15, 0.2) is 0 Å². The molecule has 0 bridgehead atoms. The highest BCUT2D eigenvalue weighted by atomic mass is 16.1. The largest absolute Gasteiger partial charge is 0.300 e. The average Bonchev–Trinajstić information content (AvgIpc) is 2.30. The average molecular weight is 236 g/mol. The molecule has 0 aromatic carbocycles. The fraction of sp³-hybridized carbons (Fsp3) is 0.938. The summed E-state index contributed by atoms with van der Waals surface area (Å²) in [4.78, 5) is 11.3. The first-order valence-corrected chi connectivity index (χ1v) is 7.67. The monoisotopic (exact) mass is 236 g/mol. The molecule has 0 saturated heterocycles. The van der Waals surface area contributed by atoms with E-state index >= 15 is 0 Å². The van der Waals surface area contributed by atoms with Gasteiger partial charge in [-0.2, -0.15) is 0 Å². The van der Waals surface area contributed by atoms with E-state index in [-0.39, 0.29) is 0 Å². The standard InChI is InChI=1S/C16H28O/c1-12(2)11-13-3-5-14(6-4-13)15-7-9-16(17)10-8-15/h12-15H,3-11H2,1-2H3. The van der Waals surface area contributed by atoms with Crippen LogP contribution in [-0.2, 0) is 4.79 Å². The highest BCUT2D eigenvalue weighted by Gasteiger charge is 2.30. The number of hydrogen-bond acceptors (Lipinski definition) is 1. The van der Waals surface area contributed by atoms with Gasteiger partial charge in [-0.3, -0.25) is 4.79 Å². The second kappa shape index (κ2) is 6.02. The van der Waals surface area contributed by atoms with E-state index in [0.29, 0.717) is 5.78 Å². The minimum absolute atomic E-state index is 0.509. The lowest BCUT2D eigenvalue weighted by Crippen LogP contribution is -2.26. The van der Waals surface area contributed by atoms with Crippen LogP contribution in [0, 0.1) is 23.7 Å². The van der Waals surface area contributed by atoms with E-state index in [1.807, 2.05) is 0 Å². The van der Waals surface area contributed by atoms with Crippen LogP contribution in [0.4, 0.5) is 0 Å². The van der Waals surface area contributed by atoms with Gasteiger partial charge in [-0.15, -0.1) is 0 Å². The molecule has 0 aliphatic heterocycles. The molecule has 0 N–H and O–H groups in total. The number of carbonyl (C=O) groups excluding carboxylic acids is 1. The summed E-state index contributed by atoms with van der Waals surface area (Å²) in [6.07, 6.45) is 11.3. The number of ketones is 1. The van der Waals surface area contributed by atoms with Crippen molar-refractivity contribution in [2.45, 2.75) is 71.6 Å². The van der Waals surface area contributed by atoms with Crippen molar-refractivity contribution in [1.82, 2.24) is 0 Å². The molecule has 0 heterocycles. The summed E-state index contributed by atoms with van der Waals surface area (Å²) in [5, 5.41) is 0. The Morgan fingerprint density at radius 3 is 2.00 bits per heavy atom. The van der Waals surface area contributed by atoms with Crippen molar-refractivity contribution in [2.24, 2.45) is 23.7 Å². The van der Waals surface area contributed by atoms with Gasteiger partial charge >= 0.3 is 0 Å². The van der Waals surface area contributed by atoms with Crippen molar-refractivity contribution >= 4 is 5.78 Å². The molecule has 17 heavy (non-hydrogen) atoms. The van der Waals surface area contributed by atoms with Crippen LogP contribution >= 0.6 is 0 Å². The number of carbonyl (C=O) groups is 1. The molecule has 2 aliphatic carbocycles. The molecule has 0 unspecified atom stereocenters. The van der Waals surface area contributed by atoms with Gasteiger partial charge in [-0.1, -0.05) is 26.7 Å². The summed E-state index contributed by atoms with van der Waals surface area (Å²) in [6, 6.07) is 0. The third-order valence-corrected chi connectivity index (χ3v) is 4.95. The van der Waals surface area contributed by atoms with Gasteiger partial charge in [0.1, 0.15) is 5.78 Å². The smallest absolute Gasteiger partial charge is 0.132 e. The third-order valence-electron chi connectivity index (χ3n) is 4.95. The zero-order valence-corrected chi connectivity index (χ0v) is 11.6. The lowest BCUT2D eigenvalue weighted by Gasteiger charge is -2.36. The van der Waals surface area contributed by atoms with Gasteiger partial charge in [-0.25, -0.2) is 0 Å². The molecule has 0 spiro atoms. The second-order valence-corrected chi connectivity index (χ2v) is 6.79. The highest BCUT2D eigenvalue weighted by molar-refractivity contribution is 5.79. The van der Waals surface area contributed by atoms with Crippen LogP contribution in [0.5, 0.6) is 0 Å². The number of rotatable bonds is 3. The van der Waals surface area contributed by atoms with Gasteiger partial charge < -0.3 is 0 Å². The maximum absolute atomic E-state index is 11.3. The quantitative estimate of drug-likeness (QED) is 0.700. The Bertz CT molecular complexity index is 238. The fourth-order valence-electron chi connectivity index (χ4n) is 4.00. The molecule has 1 heteroatoms. The van der Waals surface area contributed by atoms with E-state index in [0.717, 1.165) is 36.5 Å². The molecular formula is C16H28O. The molecule has 0 atom stereocenters. The predicted molar refractivity (Wildman–Crippen MR) is 71.9 cm³/mol. The van der Waals surface area contributed by atoms with Crippen molar-refractivity contribution in [3.63, 3.8) is 0 Å². The maximum atomic E-state index is 11.3. The minimum atomic E-state index is 0.509. The van der Waals surface area contributed by atoms with Crippen LogP contribution in [0.25, 0.3) is 0 Å². The molecule has 2 aliphatic rings. The Kier molecular flexibility index (Phi) is 4.64. The Morgan fingerprint density at radius 1 is 0.941 bits per heavy atom. The first-order valence-electron chi connectivity index (χ1n) is 7.67. The molecule has 2 saturated carbocycles. The van der Waals surface area contributed by atoms with Gasteiger partial charge in [0.05, 0.1) is 0 Å². The summed E-state index contributed by atoms with van der Waals surface area (Å²) < 4.78 is 0. The topological polar surface area (TPSA) is 17.1 Å². The van der Waals surface area contributed by atoms with Crippen molar-refractivity contribution in [2.75, 3.05) is 0 Å². The second-order valence-electron chi connectivity index (χ2n) is 6.79. The van der Waals surface area contributed by atoms with E-state index in [2.05, 4.69) is 13.8 Å². The van der Waals surface area contributed by atoms with Crippen molar-refractivity contribution in [1.29, 1.82) is 0 Å². The van der Waals surface area contributed by atoms with Gasteiger partial charge in [0.25, 0.3) is 0 Å². The lowest BCUT2D eigenvalue weighted by atomic mass is 9.70. The fourth-order valence-corrected chi connectivity index (χ4v) is 4.00. The van der Waals surface area contributed by atoms with E-state index in [1.54, 1.807) is 0 Å². The Labute approximate surface area is 106 Å². The van der Waals surface area contributed by atoms with Crippen molar-refractivity contribution < 1.29 is 4.79 Å². The summed E-state index contributed by atoms with van der Waals surface area (Å²) >= 11 is 0. The molecule has 98 valence electrons. The normalized spacial score (nSPS) is 32.1. The Morgan fingerprint density at radius 2 is 1.47 bits per heavy atom. The van der Waals surface area contributed by atoms with E-state index in [4.69, 9.17) is 0 Å². The van der Waals surface area contributed by atoms with Crippen LogP contribution in [0.3, 0.4) is 0 Å². The molecular weight excluding hydrogens is 208 g/mol. The van der Waals surface area contributed by atoms with Crippen LogP contribution < -0.4 is 0 Å². The minimum Gasteiger partial charge on any atom is -0.300 e. The van der Waals surface area contributed by atoms with Crippen molar-refractivity contribution in [3.8, 4) is 0 Å². The highest BCUT2D eigenvalue weighted by Crippen LogP contribution is 2.40. The number of Topliss-reactive ketones (excluding diaryl/α,β-unsaturated/α-hetero) is 1. The summed E-state index contributed by atoms with van der Waals surface area (Å²) in [6.45, 7) is 4.69. The molecule has 1 nitrogen and oxygen atoms in total.